The van der Waals surface area contributed by atoms with Gasteiger partial charge < -0.3 is 19.5 Å². The zero-order valence-corrected chi connectivity index (χ0v) is 14.0. The SMILES string of the molecule is COc1ccc(C(C)C(=O)N2C[C@H]3COCC[C@@]3(C(=O)O)C2)cc1. The molecule has 3 atom stereocenters. The number of aliphatic carboxylic acids is 1. The Kier molecular flexibility index (Phi) is 4.49. The van der Waals surface area contributed by atoms with Crippen LogP contribution in [-0.2, 0) is 14.3 Å². The average Bonchev–Trinajstić information content (AvgIpc) is 3.01. The molecule has 2 aliphatic heterocycles. The van der Waals surface area contributed by atoms with Crippen molar-refractivity contribution in [2.45, 2.75) is 19.3 Å². The van der Waals surface area contributed by atoms with Crippen molar-refractivity contribution in [3.05, 3.63) is 29.8 Å². The van der Waals surface area contributed by atoms with Crippen LogP contribution in [-0.4, -0.2) is 55.3 Å². The normalized spacial score (nSPS) is 27.4. The molecule has 0 spiro atoms. The number of methoxy groups -OCH3 is 1. The number of hydrogen-bond donors (Lipinski definition) is 1. The molecule has 2 saturated heterocycles. The number of rotatable bonds is 4. The number of fused-ring (bicyclic) bond motifs is 1. The van der Waals surface area contributed by atoms with Gasteiger partial charge in [0.2, 0.25) is 5.91 Å². The van der Waals surface area contributed by atoms with Crippen LogP contribution in [0.1, 0.15) is 24.8 Å². The molecule has 1 aromatic carbocycles. The molecule has 0 aliphatic carbocycles. The Morgan fingerprint density at radius 1 is 1.38 bits per heavy atom. The number of carboxylic acid groups (broad SMARTS) is 1. The van der Waals surface area contributed by atoms with Gasteiger partial charge in [-0.2, -0.15) is 0 Å². The number of amides is 1. The third-order valence-corrected chi connectivity index (χ3v) is 5.43. The van der Waals surface area contributed by atoms with E-state index in [1.807, 2.05) is 31.2 Å². The van der Waals surface area contributed by atoms with Crippen molar-refractivity contribution < 1.29 is 24.2 Å². The second-order valence-electron chi connectivity index (χ2n) is 6.70. The van der Waals surface area contributed by atoms with Crippen LogP contribution in [0.25, 0.3) is 0 Å². The maximum absolute atomic E-state index is 12.9. The second kappa shape index (κ2) is 6.43. The van der Waals surface area contributed by atoms with Crippen LogP contribution in [0.5, 0.6) is 5.75 Å². The van der Waals surface area contributed by atoms with Crippen molar-refractivity contribution in [2.75, 3.05) is 33.4 Å². The minimum Gasteiger partial charge on any atom is -0.497 e. The van der Waals surface area contributed by atoms with Crippen LogP contribution in [0, 0.1) is 11.3 Å². The van der Waals surface area contributed by atoms with Crippen LogP contribution < -0.4 is 4.74 Å². The van der Waals surface area contributed by atoms with Crippen molar-refractivity contribution in [3.63, 3.8) is 0 Å². The third-order valence-electron chi connectivity index (χ3n) is 5.43. The molecule has 0 bridgehead atoms. The maximum Gasteiger partial charge on any atom is 0.311 e. The average molecular weight is 333 g/mol. The van der Waals surface area contributed by atoms with Gasteiger partial charge in [-0.25, -0.2) is 0 Å². The molecule has 130 valence electrons. The van der Waals surface area contributed by atoms with Crippen LogP contribution in [0.2, 0.25) is 0 Å². The number of nitrogens with zero attached hydrogens (tertiary/aromatic N) is 1. The van der Waals surface area contributed by atoms with Crippen LogP contribution in [0.15, 0.2) is 24.3 Å². The summed E-state index contributed by atoms with van der Waals surface area (Å²) in [7, 11) is 1.60. The molecular formula is C18H23NO5. The molecule has 6 nitrogen and oxygen atoms in total. The molecule has 0 saturated carbocycles. The molecule has 0 radical (unpaired) electrons. The number of likely N-dealkylation sites (tertiary alicyclic amines) is 1. The molecule has 2 aliphatic rings. The zero-order valence-electron chi connectivity index (χ0n) is 14.0. The third kappa shape index (κ3) is 2.75. The van der Waals surface area contributed by atoms with Gasteiger partial charge in [0.1, 0.15) is 5.75 Å². The standard InChI is InChI=1S/C18H23NO5/c1-12(13-3-5-15(23-2)6-4-13)16(20)19-9-14-10-24-8-7-18(14,11-19)17(21)22/h3-6,12,14H,7-11H2,1-2H3,(H,21,22)/t12?,14-,18+/m0/s1. The number of benzene rings is 1. The number of carbonyl (C=O) groups excluding carboxylic acids is 1. The summed E-state index contributed by atoms with van der Waals surface area (Å²) in [6.07, 6.45) is 0.466. The summed E-state index contributed by atoms with van der Waals surface area (Å²) in [5, 5.41) is 9.70. The number of hydrogen-bond acceptors (Lipinski definition) is 4. The molecule has 24 heavy (non-hydrogen) atoms. The molecule has 1 N–H and O–H groups in total. The topological polar surface area (TPSA) is 76.1 Å². The lowest BCUT2D eigenvalue weighted by Gasteiger charge is -2.33. The van der Waals surface area contributed by atoms with Crippen LogP contribution in [0.4, 0.5) is 0 Å². The number of carbonyl (C=O) groups is 2. The number of ether oxygens (including phenoxy) is 2. The zero-order chi connectivity index (χ0) is 17.3. The lowest BCUT2D eigenvalue weighted by molar-refractivity contribution is -0.157. The summed E-state index contributed by atoms with van der Waals surface area (Å²) in [5.74, 6) is -0.551. The Morgan fingerprint density at radius 2 is 2.08 bits per heavy atom. The first kappa shape index (κ1) is 16.8. The smallest absolute Gasteiger partial charge is 0.311 e. The van der Waals surface area contributed by atoms with Crippen molar-refractivity contribution in [2.24, 2.45) is 11.3 Å². The maximum atomic E-state index is 12.9. The highest BCUT2D eigenvalue weighted by molar-refractivity contribution is 5.85. The van der Waals surface area contributed by atoms with Crippen LogP contribution >= 0.6 is 0 Å². The van der Waals surface area contributed by atoms with Crippen molar-refractivity contribution in [1.29, 1.82) is 0 Å². The van der Waals surface area contributed by atoms with Gasteiger partial charge in [-0.1, -0.05) is 12.1 Å². The molecule has 1 aromatic rings. The summed E-state index contributed by atoms with van der Waals surface area (Å²) < 4.78 is 10.6. The van der Waals surface area contributed by atoms with E-state index >= 15 is 0 Å². The molecule has 2 fully saturated rings. The van der Waals surface area contributed by atoms with E-state index in [-0.39, 0.29) is 24.3 Å². The van der Waals surface area contributed by atoms with Gasteiger partial charge >= 0.3 is 5.97 Å². The van der Waals surface area contributed by atoms with Gasteiger partial charge in [0.05, 0.1) is 25.0 Å². The highest BCUT2D eigenvalue weighted by Crippen LogP contribution is 2.43. The molecule has 2 heterocycles. The summed E-state index contributed by atoms with van der Waals surface area (Å²) >= 11 is 0. The summed E-state index contributed by atoms with van der Waals surface area (Å²) in [6, 6.07) is 7.41. The first-order valence-electron chi connectivity index (χ1n) is 8.22. The fourth-order valence-electron chi connectivity index (χ4n) is 3.78. The largest absolute Gasteiger partial charge is 0.497 e. The van der Waals surface area contributed by atoms with E-state index in [1.54, 1.807) is 12.0 Å². The Labute approximate surface area is 141 Å². The highest BCUT2D eigenvalue weighted by Gasteiger charge is 2.55. The van der Waals surface area contributed by atoms with Crippen molar-refractivity contribution >= 4 is 11.9 Å². The minimum atomic E-state index is -0.854. The molecule has 1 unspecified atom stereocenters. The van der Waals surface area contributed by atoms with E-state index in [9.17, 15) is 14.7 Å². The molecule has 0 aromatic heterocycles. The van der Waals surface area contributed by atoms with Gasteiger partial charge in [-0.3, -0.25) is 9.59 Å². The van der Waals surface area contributed by atoms with Gasteiger partial charge in [0.15, 0.2) is 0 Å². The predicted octanol–water partition coefficient (Wildman–Crippen LogP) is 1.75. The Balaban J connectivity index is 1.76. The lowest BCUT2D eigenvalue weighted by atomic mass is 9.74. The van der Waals surface area contributed by atoms with Gasteiger partial charge in [-0.05, 0) is 31.0 Å². The first-order valence-corrected chi connectivity index (χ1v) is 8.22. The van der Waals surface area contributed by atoms with Crippen molar-refractivity contribution in [1.82, 2.24) is 4.90 Å². The molecule has 3 rings (SSSR count). The second-order valence-corrected chi connectivity index (χ2v) is 6.70. The Morgan fingerprint density at radius 3 is 2.67 bits per heavy atom. The van der Waals surface area contributed by atoms with Gasteiger partial charge in [0, 0.05) is 25.6 Å². The van der Waals surface area contributed by atoms with Crippen molar-refractivity contribution in [3.8, 4) is 5.75 Å². The van der Waals surface area contributed by atoms with Gasteiger partial charge in [0.25, 0.3) is 0 Å². The van der Waals surface area contributed by atoms with E-state index in [0.29, 0.717) is 26.2 Å². The first-order chi connectivity index (χ1) is 11.5. The van der Waals surface area contributed by atoms with E-state index < -0.39 is 11.4 Å². The fourth-order valence-corrected chi connectivity index (χ4v) is 3.78. The minimum absolute atomic E-state index is 0.0322. The van der Waals surface area contributed by atoms with E-state index in [4.69, 9.17) is 9.47 Å². The van der Waals surface area contributed by atoms with E-state index in [2.05, 4.69) is 0 Å². The lowest BCUT2D eigenvalue weighted by Crippen LogP contribution is -2.45. The summed E-state index contributed by atoms with van der Waals surface area (Å²) in [4.78, 5) is 26.4. The fraction of sp³-hybridized carbons (Fsp3) is 0.556. The summed E-state index contributed by atoms with van der Waals surface area (Å²) in [6.45, 7) is 3.43. The predicted molar refractivity (Wildman–Crippen MR) is 87.0 cm³/mol. The van der Waals surface area contributed by atoms with E-state index in [0.717, 1.165) is 11.3 Å². The Hall–Kier alpha value is -2.08. The monoisotopic (exact) mass is 333 g/mol. The summed E-state index contributed by atoms with van der Waals surface area (Å²) in [5.41, 5.74) is 0.0457. The highest BCUT2D eigenvalue weighted by atomic mass is 16.5. The van der Waals surface area contributed by atoms with E-state index in [1.165, 1.54) is 0 Å². The molecule has 1 amide bonds. The molecule has 6 heteroatoms. The van der Waals surface area contributed by atoms with Gasteiger partial charge in [-0.15, -0.1) is 0 Å². The molecular weight excluding hydrogens is 310 g/mol. The van der Waals surface area contributed by atoms with Crippen LogP contribution in [0.3, 0.4) is 0 Å². The quantitative estimate of drug-likeness (QED) is 0.908. The number of carboxylic acids is 1. The Bertz CT molecular complexity index is 629.